The van der Waals surface area contributed by atoms with E-state index in [1.807, 2.05) is 45.1 Å². The minimum Gasteiger partial charge on any atom is -0.319 e. The molecule has 1 aromatic carbocycles. The minimum absolute atomic E-state index is 0.407. The summed E-state index contributed by atoms with van der Waals surface area (Å²) in [6.07, 6.45) is 11.8. The molecule has 1 aliphatic rings. The van der Waals surface area contributed by atoms with Crippen molar-refractivity contribution in [3.05, 3.63) is 59.0 Å². The summed E-state index contributed by atoms with van der Waals surface area (Å²) in [5.74, 6) is 0. The third-order valence-corrected chi connectivity index (χ3v) is 2.93. The maximum atomic E-state index is 6.15. The molecule has 0 fully saturated rings. The van der Waals surface area contributed by atoms with E-state index in [0.717, 1.165) is 21.6 Å². The number of benzene rings is 1. The van der Waals surface area contributed by atoms with Crippen LogP contribution in [0, 0.1) is 0 Å². The Balaban J connectivity index is 0.000000861. The highest BCUT2D eigenvalue weighted by Crippen LogP contribution is 2.09. The van der Waals surface area contributed by atoms with Crippen LogP contribution in [0.15, 0.2) is 37.4 Å². The van der Waals surface area contributed by atoms with Gasteiger partial charge in [-0.25, -0.2) is 0 Å². The van der Waals surface area contributed by atoms with Crippen LogP contribution in [0.4, 0.5) is 0 Å². The van der Waals surface area contributed by atoms with Gasteiger partial charge in [-0.15, -0.1) is 0 Å². The van der Waals surface area contributed by atoms with Crippen molar-refractivity contribution in [1.82, 2.24) is 0 Å². The molecule has 0 aliphatic heterocycles. The summed E-state index contributed by atoms with van der Waals surface area (Å²) in [4.78, 5) is 0. The zero-order chi connectivity index (χ0) is 14.5. The number of hydrogen-bond acceptors (Lipinski definition) is 1. The molecule has 1 atom stereocenters. The molecule has 0 amide bonds. The van der Waals surface area contributed by atoms with E-state index in [1.54, 1.807) is 0 Å². The second kappa shape index (κ2) is 6.35. The summed E-state index contributed by atoms with van der Waals surface area (Å²) in [6, 6.07) is 4.22. The third-order valence-electron chi connectivity index (χ3n) is 2.93. The lowest BCUT2D eigenvalue weighted by molar-refractivity contribution is 0.778. The largest absolute Gasteiger partial charge is 0.319 e. The van der Waals surface area contributed by atoms with Crippen LogP contribution in [0.1, 0.15) is 31.9 Å². The van der Waals surface area contributed by atoms with Gasteiger partial charge in [0.2, 0.25) is 0 Å². The molecule has 1 nitrogen and oxygen atoms in total. The van der Waals surface area contributed by atoms with Crippen LogP contribution in [-0.2, 0) is 0 Å². The highest BCUT2D eigenvalue weighted by molar-refractivity contribution is 5.65. The molecule has 1 aliphatic carbocycles. The predicted molar refractivity (Wildman–Crippen MR) is 87.9 cm³/mol. The molecule has 0 radical (unpaired) electrons. The lowest BCUT2D eigenvalue weighted by atomic mass is 10.00. The molecule has 100 valence electrons. The van der Waals surface area contributed by atoms with E-state index in [-0.39, 0.29) is 0 Å². The second-order valence-corrected chi connectivity index (χ2v) is 4.55. The van der Waals surface area contributed by atoms with Crippen LogP contribution in [0.2, 0.25) is 0 Å². The molecule has 2 rings (SSSR count). The van der Waals surface area contributed by atoms with Crippen molar-refractivity contribution < 1.29 is 0 Å². The fourth-order valence-electron chi connectivity index (χ4n) is 2.03. The first-order chi connectivity index (χ1) is 9.05. The fraction of sp³-hybridized carbons (Fsp3) is 0.222. The van der Waals surface area contributed by atoms with Crippen molar-refractivity contribution >= 4 is 24.3 Å². The van der Waals surface area contributed by atoms with Gasteiger partial charge in [0.25, 0.3) is 0 Å². The van der Waals surface area contributed by atoms with Crippen LogP contribution in [0.25, 0.3) is 24.3 Å². The predicted octanol–water partition coefficient (Wildman–Crippen LogP) is 2.85. The molecule has 1 heteroatoms. The molecule has 0 aromatic heterocycles. The van der Waals surface area contributed by atoms with Crippen LogP contribution in [0.3, 0.4) is 0 Å². The molecule has 1 unspecified atom stereocenters. The van der Waals surface area contributed by atoms with Crippen molar-refractivity contribution in [2.24, 2.45) is 5.73 Å². The van der Waals surface area contributed by atoms with Gasteiger partial charge >= 0.3 is 0 Å². The summed E-state index contributed by atoms with van der Waals surface area (Å²) in [5, 5.41) is 2.30. The van der Waals surface area contributed by atoms with Crippen molar-refractivity contribution in [1.29, 1.82) is 0 Å². The maximum Gasteiger partial charge on any atom is 0.0508 e. The summed E-state index contributed by atoms with van der Waals surface area (Å²) in [6.45, 7) is 13.6. The van der Waals surface area contributed by atoms with Gasteiger partial charge in [0.1, 0.15) is 0 Å². The Bertz CT molecular complexity index is 616. The van der Waals surface area contributed by atoms with Gasteiger partial charge < -0.3 is 5.73 Å². The van der Waals surface area contributed by atoms with E-state index < -0.39 is 5.54 Å². The molecule has 0 bridgehead atoms. The Hall–Kier alpha value is -1.86. The lowest BCUT2D eigenvalue weighted by Crippen LogP contribution is -2.35. The number of hydrogen-bond donors (Lipinski definition) is 1. The highest BCUT2D eigenvalue weighted by atomic mass is 14.7. The quantitative estimate of drug-likeness (QED) is 0.861. The molecular formula is C18H23N. The molecule has 0 spiro atoms. The first-order valence-electron chi connectivity index (χ1n) is 6.66. The Morgan fingerprint density at radius 3 is 2.11 bits per heavy atom. The molecular weight excluding hydrogens is 230 g/mol. The van der Waals surface area contributed by atoms with E-state index in [4.69, 9.17) is 5.73 Å². The van der Waals surface area contributed by atoms with E-state index >= 15 is 0 Å². The normalized spacial score (nSPS) is 19.8. The van der Waals surface area contributed by atoms with Gasteiger partial charge in [-0.05, 0) is 40.6 Å². The summed E-state index contributed by atoms with van der Waals surface area (Å²) >= 11 is 0. The summed E-state index contributed by atoms with van der Waals surface area (Å²) in [5.41, 5.74) is 7.92. The number of rotatable bonds is 2. The van der Waals surface area contributed by atoms with Gasteiger partial charge in [0.05, 0.1) is 5.54 Å². The first-order valence-corrected chi connectivity index (χ1v) is 6.66. The first kappa shape index (κ1) is 15.2. The van der Waals surface area contributed by atoms with Crippen LogP contribution in [0.5, 0.6) is 0 Å². The molecule has 0 saturated heterocycles. The summed E-state index contributed by atoms with van der Waals surface area (Å²) < 4.78 is 0. The van der Waals surface area contributed by atoms with Gasteiger partial charge in [0.15, 0.2) is 0 Å². The average Bonchev–Trinajstić information content (AvgIpc) is 2.55. The SMILES string of the molecule is C=Cc1cc2c(cc1C=C)=CC(C)(N)C=CC=2.CC. The monoisotopic (exact) mass is 253 g/mol. The van der Waals surface area contributed by atoms with Crippen LogP contribution >= 0.6 is 0 Å². The van der Waals surface area contributed by atoms with Crippen molar-refractivity contribution in [3.8, 4) is 0 Å². The molecule has 1 aromatic rings. The zero-order valence-electron chi connectivity index (χ0n) is 12.1. The van der Waals surface area contributed by atoms with Gasteiger partial charge in [-0.3, -0.25) is 0 Å². The topological polar surface area (TPSA) is 26.0 Å². The minimum atomic E-state index is -0.407. The lowest BCUT2D eigenvalue weighted by Gasteiger charge is -2.13. The van der Waals surface area contributed by atoms with E-state index in [1.165, 1.54) is 0 Å². The smallest absolute Gasteiger partial charge is 0.0508 e. The molecule has 0 saturated carbocycles. The van der Waals surface area contributed by atoms with Gasteiger partial charge in [-0.2, -0.15) is 0 Å². The Labute approximate surface area is 116 Å². The number of fused-ring (bicyclic) bond motifs is 1. The molecule has 0 heterocycles. The Morgan fingerprint density at radius 2 is 1.58 bits per heavy atom. The van der Waals surface area contributed by atoms with Gasteiger partial charge in [0, 0.05) is 0 Å². The van der Waals surface area contributed by atoms with E-state index in [2.05, 4.69) is 37.4 Å². The summed E-state index contributed by atoms with van der Waals surface area (Å²) in [7, 11) is 0. The fourth-order valence-corrected chi connectivity index (χ4v) is 2.03. The second-order valence-electron chi connectivity index (χ2n) is 4.55. The van der Waals surface area contributed by atoms with Gasteiger partial charge in [-0.1, -0.05) is 63.5 Å². The van der Waals surface area contributed by atoms with Crippen molar-refractivity contribution in [3.63, 3.8) is 0 Å². The Morgan fingerprint density at radius 1 is 1.05 bits per heavy atom. The van der Waals surface area contributed by atoms with Crippen molar-refractivity contribution in [2.75, 3.05) is 0 Å². The van der Waals surface area contributed by atoms with Crippen LogP contribution < -0.4 is 16.2 Å². The third kappa shape index (κ3) is 3.55. The zero-order valence-corrected chi connectivity index (χ0v) is 12.1. The average molecular weight is 253 g/mol. The standard InChI is InChI=1S/C16H17N.C2H6/c1-4-12-9-14-7-6-8-16(3,17)11-15(14)10-13(12)5-2;1-2/h4-11H,1-2,17H2,3H3;1-2H3. The van der Waals surface area contributed by atoms with Crippen molar-refractivity contribution in [2.45, 2.75) is 26.3 Å². The van der Waals surface area contributed by atoms with E-state index in [9.17, 15) is 0 Å². The van der Waals surface area contributed by atoms with Crippen LogP contribution in [-0.4, -0.2) is 5.54 Å². The Kier molecular flexibility index (Phi) is 5.08. The maximum absolute atomic E-state index is 6.15. The number of nitrogens with two attached hydrogens (primary N) is 1. The molecule has 2 N–H and O–H groups in total. The van der Waals surface area contributed by atoms with E-state index in [0.29, 0.717) is 0 Å². The number of allylic oxidation sites excluding steroid dienone is 1. The molecule has 19 heavy (non-hydrogen) atoms. The highest BCUT2D eigenvalue weighted by Gasteiger charge is 2.11.